The number of anilines is 1. The van der Waals surface area contributed by atoms with Crippen LogP contribution in [0, 0.1) is 0 Å². The van der Waals surface area contributed by atoms with Crippen LogP contribution in [0.4, 0.5) is 5.95 Å². The Labute approximate surface area is 77.1 Å². The molecule has 1 aromatic heterocycles. The number of hydrogen-bond donors (Lipinski definition) is 3. The van der Waals surface area contributed by atoms with E-state index in [0.29, 0.717) is 12.2 Å². The van der Waals surface area contributed by atoms with Crippen LogP contribution in [0.3, 0.4) is 0 Å². The third-order valence-electron chi connectivity index (χ3n) is 1.79. The topological polar surface area (TPSA) is 109 Å². The molecular weight excluding hydrogens is 168 g/mol. The largest absolute Gasteiger partial charge is 0.366 e. The van der Waals surface area contributed by atoms with Crippen molar-refractivity contribution in [2.24, 2.45) is 5.73 Å². The molecular formula is C7H16N6. The SMILES string of the molecule is CC(C)(N)CCc1nnc(N)n1N. The molecule has 1 aromatic rings. The molecule has 1 rings (SSSR count). The number of nitrogens with zero attached hydrogens (tertiary/aromatic N) is 3. The molecule has 13 heavy (non-hydrogen) atoms. The van der Waals surface area contributed by atoms with E-state index in [1.165, 1.54) is 4.68 Å². The number of aryl methyl sites for hydroxylation is 1. The number of aromatic nitrogens is 3. The van der Waals surface area contributed by atoms with Gasteiger partial charge >= 0.3 is 0 Å². The molecule has 0 fully saturated rings. The molecule has 0 spiro atoms. The first-order chi connectivity index (χ1) is 5.90. The third kappa shape index (κ3) is 2.59. The van der Waals surface area contributed by atoms with Crippen molar-refractivity contribution >= 4 is 5.95 Å². The van der Waals surface area contributed by atoms with Gasteiger partial charge in [0.05, 0.1) is 0 Å². The molecule has 0 atom stereocenters. The van der Waals surface area contributed by atoms with E-state index in [1.807, 2.05) is 13.8 Å². The molecule has 6 N–H and O–H groups in total. The lowest BCUT2D eigenvalue weighted by atomic mass is 10.0. The van der Waals surface area contributed by atoms with E-state index in [2.05, 4.69) is 10.2 Å². The van der Waals surface area contributed by atoms with Crippen LogP contribution in [-0.4, -0.2) is 20.4 Å². The Bertz CT molecular complexity index is 284. The average Bonchev–Trinajstić information content (AvgIpc) is 2.29. The normalized spacial score (nSPS) is 11.9. The second-order valence-electron chi connectivity index (χ2n) is 3.83. The summed E-state index contributed by atoms with van der Waals surface area (Å²) in [5.74, 6) is 6.45. The van der Waals surface area contributed by atoms with Gasteiger partial charge in [-0.25, -0.2) is 4.68 Å². The summed E-state index contributed by atoms with van der Waals surface area (Å²) < 4.78 is 1.28. The summed E-state index contributed by atoms with van der Waals surface area (Å²) in [5, 5.41) is 7.47. The van der Waals surface area contributed by atoms with E-state index in [9.17, 15) is 0 Å². The molecule has 0 radical (unpaired) electrons. The fraction of sp³-hybridized carbons (Fsp3) is 0.714. The molecule has 0 aliphatic carbocycles. The van der Waals surface area contributed by atoms with Gasteiger partial charge in [0.25, 0.3) is 0 Å². The van der Waals surface area contributed by atoms with Gasteiger partial charge in [0.1, 0.15) is 0 Å². The van der Waals surface area contributed by atoms with Gasteiger partial charge in [0.2, 0.25) is 5.95 Å². The number of rotatable bonds is 3. The van der Waals surface area contributed by atoms with Crippen LogP contribution < -0.4 is 17.3 Å². The van der Waals surface area contributed by atoms with Crippen molar-refractivity contribution in [3.05, 3.63) is 5.82 Å². The van der Waals surface area contributed by atoms with Crippen molar-refractivity contribution in [2.75, 3.05) is 11.6 Å². The van der Waals surface area contributed by atoms with E-state index in [-0.39, 0.29) is 11.5 Å². The summed E-state index contributed by atoms with van der Waals surface area (Å²) in [7, 11) is 0. The predicted octanol–water partition coefficient (Wildman–Crippen LogP) is -0.756. The zero-order valence-electron chi connectivity index (χ0n) is 7.99. The molecule has 0 aliphatic rings. The van der Waals surface area contributed by atoms with Crippen LogP contribution >= 0.6 is 0 Å². The first-order valence-corrected chi connectivity index (χ1v) is 4.14. The highest BCUT2D eigenvalue weighted by Crippen LogP contribution is 2.09. The minimum absolute atomic E-state index is 0.222. The van der Waals surface area contributed by atoms with Gasteiger partial charge in [-0.3, -0.25) is 0 Å². The lowest BCUT2D eigenvalue weighted by Gasteiger charge is -2.17. The maximum Gasteiger partial charge on any atom is 0.240 e. The molecule has 0 saturated heterocycles. The number of nitrogens with two attached hydrogens (primary N) is 3. The average molecular weight is 184 g/mol. The summed E-state index contributed by atoms with van der Waals surface area (Å²) in [6, 6.07) is 0. The molecule has 6 nitrogen and oxygen atoms in total. The Hall–Kier alpha value is -1.30. The fourth-order valence-corrected chi connectivity index (χ4v) is 0.942. The first-order valence-electron chi connectivity index (χ1n) is 4.14. The van der Waals surface area contributed by atoms with Gasteiger partial charge in [-0.15, -0.1) is 10.2 Å². The molecule has 0 bridgehead atoms. The lowest BCUT2D eigenvalue weighted by Crippen LogP contribution is -2.33. The highest BCUT2D eigenvalue weighted by Gasteiger charge is 2.13. The first kappa shape index (κ1) is 9.79. The van der Waals surface area contributed by atoms with Crippen molar-refractivity contribution in [2.45, 2.75) is 32.2 Å². The maximum absolute atomic E-state index is 5.81. The summed E-state index contributed by atoms with van der Waals surface area (Å²) in [6.45, 7) is 3.90. The summed E-state index contributed by atoms with van der Waals surface area (Å²) >= 11 is 0. The fourth-order valence-electron chi connectivity index (χ4n) is 0.942. The number of nitrogen functional groups attached to an aromatic ring is 2. The molecule has 0 aromatic carbocycles. The van der Waals surface area contributed by atoms with E-state index in [4.69, 9.17) is 17.3 Å². The highest BCUT2D eigenvalue weighted by atomic mass is 15.4. The summed E-state index contributed by atoms with van der Waals surface area (Å²) in [6.07, 6.45) is 1.48. The molecule has 0 amide bonds. The van der Waals surface area contributed by atoms with Gasteiger partial charge in [-0.1, -0.05) is 0 Å². The molecule has 0 aliphatic heterocycles. The zero-order chi connectivity index (χ0) is 10.1. The van der Waals surface area contributed by atoms with Crippen LogP contribution in [0.25, 0.3) is 0 Å². The van der Waals surface area contributed by atoms with Crippen molar-refractivity contribution in [1.29, 1.82) is 0 Å². The summed E-state index contributed by atoms with van der Waals surface area (Å²) in [5.41, 5.74) is 11.0. The maximum atomic E-state index is 5.81. The molecule has 1 heterocycles. The van der Waals surface area contributed by atoms with Crippen molar-refractivity contribution in [1.82, 2.24) is 14.9 Å². The van der Waals surface area contributed by atoms with E-state index < -0.39 is 0 Å². The minimum atomic E-state index is -0.222. The van der Waals surface area contributed by atoms with Crippen LogP contribution in [0.15, 0.2) is 0 Å². The zero-order valence-corrected chi connectivity index (χ0v) is 7.99. The van der Waals surface area contributed by atoms with Gasteiger partial charge in [-0.05, 0) is 20.3 Å². The van der Waals surface area contributed by atoms with E-state index >= 15 is 0 Å². The van der Waals surface area contributed by atoms with E-state index in [1.54, 1.807) is 0 Å². The molecule has 6 heteroatoms. The number of hydrogen-bond acceptors (Lipinski definition) is 5. The third-order valence-corrected chi connectivity index (χ3v) is 1.79. The highest BCUT2D eigenvalue weighted by molar-refractivity contribution is 5.17. The Kier molecular flexibility index (Phi) is 2.42. The van der Waals surface area contributed by atoms with Gasteiger partial charge < -0.3 is 17.3 Å². The van der Waals surface area contributed by atoms with Crippen LogP contribution in [0.1, 0.15) is 26.1 Å². The van der Waals surface area contributed by atoms with Crippen molar-refractivity contribution in [3.8, 4) is 0 Å². The second kappa shape index (κ2) is 3.21. The molecule has 0 saturated carbocycles. The van der Waals surface area contributed by atoms with E-state index in [0.717, 1.165) is 6.42 Å². The lowest BCUT2D eigenvalue weighted by molar-refractivity contribution is 0.468. The Morgan fingerprint density at radius 2 is 2.00 bits per heavy atom. The van der Waals surface area contributed by atoms with Crippen LogP contribution in [0.5, 0.6) is 0 Å². The quantitative estimate of drug-likeness (QED) is 0.535. The van der Waals surface area contributed by atoms with Crippen LogP contribution in [0.2, 0.25) is 0 Å². The smallest absolute Gasteiger partial charge is 0.240 e. The molecule has 74 valence electrons. The Morgan fingerprint density at radius 3 is 2.38 bits per heavy atom. The molecule has 0 unspecified atom stereocenters. The van der Waals surface area contributed by atoms with Crippen LogP contribution in [-0.2, 0) is 6.42 Å². The second-order valence-corrected chi connectivity index (χ2v) is 3.83. The Morgan fingerprint density at radius 1 is 1.38 bits per heavy atom. The van der Waals surface area contributed by atoms with Gasteiger partial charge in [0.15, 0.2) is 5.82 Å². The Balaban J connectivity index is 2.60. The summed E-state index contributed by atoms with van der Waals surface area (Å²) in [4.78, 5) is 0. The van der Waals surface area contributed by atoms with Crippen molar-refractivity contribution in [3.63, 3.8) is 0 Å². The van der Waals surface area contributed by atoms with Crippen molar-refractivity contribution < 1.29 is 0 Å². The standard InChI is InChI=1S/C7H16N6/c1-7(2,9)4-3-5-11-12-6(8)13(5)10/h3-4,9-10H2,1-2H3,(H2,8,12). The minimum Gasteiger partial charge on any atom is -0.366 e. The predicted molar refractivity (Wildman–Crippen MR) is 51.2 cm³/mol. The van der Waals surface area contributed by atoms with Gasteiger partial charge in [-0.2, -0.15) is 0 Å². The monoisotopic (exact) mass is 184 g/mol. The van der Waals surface area contributed by atoms with Gasteiger partial charge in [0, 0.05) is 12.0 Å².